The highest BCUT2D eigenvalue weighted by molar-refractivity contribution is 7.89. The molecule has 150 valence electrons. The summed E-state index contributed by atoms with van der Waals surface area (Å²) in [6.07, 6.45) is 4.60. The average Bonchev–Trinajstić information content (AvgIpc) is 2.64. The number of sulfonamides is 1. The number of halogens is 1. The molecule has 9 heteroatoms. The van der Waals surface area contributed by atoms with Crippen molar-refractivity contribution in [3.63, 3.8) is 0 Å². The number of benzene rings is 1. The normalized spacial score (nSPS) is 16.7. The monoisotopic (exact) mass is 399 g/mol. The molecule has 2 rings (SSSR count). The molecule has 0 aliphatic heterocycles. The Bertz CT molecular complexity index is 777. The van der Waals surface area contributed by atoms with Gasteiger partial charge in [-0.15, -0.1) is 0 Å². The fourth-order valence-corrected chi connectivity index (χ4v) is 4.48. The molecule has 7 nitrogen and oxygen atoms in total. The van der Waals surface area contributed by atoms with E-state index >= 15 is 0 Å². The van der Waals surface area contributed by atoms with Crippen molar-refractivity contribution in [3.8, 4) is 0 Å². The van der Waals surface area contributed by atoms with Crippen LogP contribution >= 0.6 is 0 Å². The van der Waals surface area contributed by atoms with Crippen LogP contribution in [0.4, 0.5) is 4.39 Å². The number of rotatable bonds is 6. The molecule has 3 N–H and O–H groups in total. The summed E-state index contributed by atoms with van der Waals surface area (Å²) in [7, 11) is -4.24. The van der Waals surface area contributed by atoms with Crippen LogP contribution in [0.3, 0.4) is 0 Å². The maximum absolute atomic E-state index is 13.8. The lowest BCUT2D eigenvalue weighted by Crippen LogP contribution is -2.55. The quantitative estimate of drug-likeness (QED) is 0.635. The molecular weight excluding hydrogens is 373 g/mol. The summed E-state index contributed by atoms with van der Waals surface area (Å²) in [5.41, 5.74) is 4.67. The predicted molar refractivity (Wildman–Crippen MR) is 98.2 cm³/mol. The van der Waals surface area contributed by atoms with Crippen LogP contribution in [0.15, 0.2) is 29.2 Å². The lowest BCUT2D eigenvalue weighted by Gasteiger charge is -2.24. The molecule has 0 spiro atoms. The van der Waals surface area contributed by atoms with Crippen LogP contribution in [0, 0.1) is 17.7 Å². The Hall–Kier alpha value is -2.00. The van der Waals surface area contributed by atoms with Crippen molar-refractivity contribution in [1.82, 2.24) is 15.6 Å². The first-order valence-electron chi connectivity index (χ1n) is 9.09. The van der Waals surface area contributed by atoms with Gasteiger partial charge in [0.25, 0.3) is 5.91 Å². The summed E-state index contributed by atoms with van der Waals surface area (Å²) in [6, 6.07) is 3.76. The van der Waals surface area contributed by atoms with E-state index in [1.54, 1.807) is 13.8 Å². The van der Waals surface area contributed by atoms with Crippen LogP contribution in [0.5, 0.6) is 0 Å². The van der Waals surface area contributed by atoms with Crippen molar-refractivity contribution < 1.29 is 22.4 Å². The predicted octanol–water partition coefficient (Wildman–Crippen LogP) is 1.86. The second-order valence-electron chi connectivity index (χ2n) is 7.09. The summed E-state index contributed by atoms with van der Waals surface area (Å²) in [5.74, 6) is -2.44. The zero-order valence-corrected chi connectivity index (χ0v) is 16.3. The number of carbonyl (C=O) groups excluding carboxylic acids is 2. The number of nitrogens with one attached hydrogen (secondary N) is 3. The molecule has 1 atom stereocenters. The van der Waals surface area contributed by atoms with Gasteiger partial charge in [0.05, 0.1) is 0 Å². The third-order valence-electron chi connectivity index (χ3n) is 4.64. The third kappa shape index (κ3) is 5.74. The molecule has 1 saturated carbocycles. The van der Waals surface area contributed by atoms with Crippen molar-refractivity contribution in [2.45, 2.75) is 56.9 Å². The smallest absolute Gasteiger partial charge is 0.256 e. The van der Waals surface area contributed by atoms with E-state index in [1.807, 2.05) is 0 Å². The number of hydrogen-bond donors (Lipinski definition) is 3. The lowest BCUT2D eigenvalue weighted by molar-refractivity contribution is -0.132. The van der Waals surface area contributed by atoms with E-state index in [9.17, 15) is 22.4 Å². The van der Waals surface area contributed by atoms with Gasteiger partial charge in [0.1, 0.15) is 16.8 Å². The molecule has 0 saturated heterocycles. The number of carbonyl (C=O) groups is 2. The van der Waals surface area contributed by atoms with E-state index in [4.69, 9.17) is 0 Å². The summed E-state index contributed by atoms with van der Waals surface area (Å²) in [4.78, 5) is 24.0. The van der Waals surface area contributed by atoms with Gasteiger partial charge >= 0.3 is 0 Å². The summed E-state index contributed by atoms with van der Waals surface area (Å²) >= 11 is 0. The Balaban J connectivity index is 2.02. The van der Waals surface area contributed by atoms with Crippen LogP contribution in [0.1, 0.15) is 46.0 Å². The molecule has 0 radical (unpaired) electrons. The maximum atomic E-state index is 13.8. The van der Waals surface area contributed by atoms with E-state index in [-0.39, 0.29) is 11.8 Å². The molecule has 0 heterocycles. The number of amides is 2. The second-order valence-corrected chi connectivity index (χ2v) is 8.77. The fourth-order valence-electron chi connectivity index (χ4n) is 3.05. The van der Waals surface area contributed by atoms with Gasteiger partial charge in [-0.2, -0.15) is 4.72 Å². The molecule has 0 unspecified atom stereocenters. The van der Waals surface area contributed by atoms with Crippen molar-refractivity contribution in [1.29, 1.82) is 0 Å². The highest BCUT2D eigenvalue weighted by atomic mass is 32.2. The topological polar surface area (TPSA) is 104 Å². The highest BCUT2D eigenvalue weighted by Crippen LogP contribution is 2.23. The van der Waals surface area contributed by atoms with Crippen molar-refractivity contribution in [2.75, 3.05) is 0 Å². The van der Waals surface area contributed by atoms with Gasteiger partial charge in [0, 0.05) is 5.92 Å². The van der Waals surface area contributed by atoms with Gasteiger partial charge in [0.2, 0.25) is 15.9 Å². The highest BCUT2D eigenvalue weighted by Gasteiger charge is 2.30. The van der Waals surface area contributed by atoms with Gasteiger partial charge in [0.15, 0.2) is 0 Å². The van der Waals surface area contributed by atoms with Crippen LogP contribution in [-0.4, -0.2) is 26.3 Å². The Morgan fingerprint density at radius 2 is 1.70 bits per heavy atom. The van der Waals surface area contributed by atoms with E-state index in [0.717, 1.165) is 44.2 Å². The van der Waals surface area contributed by atoms with Gasteiger partial charge in [-0.25, -0.2) is 12.8 Å². The van der Waals surface area contributed by atoms with Crippen molar-refractivity contribution in [2.24, 2.45) is 11.8 Å². The van der Waals surface area contributed by atoms with E-state index in [2.05, 4.69) is 15.6 Å². The number of hydrogen-bond acceptors (Lipinski definition) is 4. The SMILES string of the molecule is CC(C)[C@H](NS(=O)(=O)c1ccccc1F)C(=O)NNC(=O)C1CCCCC1. The molecule has 27 heavy (non-hydrogen) atoms. The minimum Gasteiger partial charge on any atom is -0.273 e. The van der Waals surface area contributed by atoms with Gasteiger partial charge in [-0.3, -0.25) is 20.4 Å². The standard InChI is InChI=1S/C18H26FN3O4S/c1-12(2)16(22-27(25,26)15-11-7-6-10-14(15)19)18(24)21-20-17(23)13-8-4-3-5-9-13/h6-7,10-13,16,22H,3-5,8-9H2,1-2H3,(H,20,23)(H,21,24)/t16-/m0/s1. The first-order valence-corrected chi connectivity index (χ1v) is 10.6. The molecule has 1 aromatic carbocycles. The second kappa shape index (κ2) is 9.27. The Kier molecular flexibility index (Phi) is 7.32. The Morgan fingerprint density at radius 3 is 2.30 bits per heavy atom. The summed E-state index contributed by atoms with van der Waals surface area (Å²) in [5, 5.41) is 0. The van der Waals surface area contributed by atoms with E-state index < -0.39 is 38.6 Å². The summed E-state index contributed by atoms with van der Waals surface area (Å²) < 4.78 is 40.9. The van der Waals surface area contributed by atoms with Crippen molar-refractivity contribution >= 4 is 21.8 Å². The molecule has 1 fully saturated rings. The van der Waals surface area contributed by atoms with Crippen LogP contribution in [-0.2, 0) is 19.6 Å². The first-order chi connectivity index (χ1) is 12.7. The van der Waals surface area contributed by atoms with E-state index in [0.29, 0.717) is 0 Å². The molecule has 0 aromatic heterocycles. The Morgan fingerprint density at radius 1 is 1.07 bits per heavy atom. The zero-order chi connectivity index (χ0) is 20.0. The third-order valence-corrected chi connectivity index (χ3v) is 6.12. The fraction of sp³-hybridized carbons (Fsp3) is 0.556. The lowest BCUT2D eigenvalue weighted by atomic mass is 9.89. The summed E-state index contributed by atoms with van der Waals surface area (Å²) in [6.45, 7) is 3.30. The minimum absolute atomic E-state index is 0.147. The molecule has 2 amide bonds. The molecule has 1 aliphatic rings. The number of hydrazine groups is 1. The van der Waals surface area contributed by atoms with Gasteiger partial charge in [-0.05, 0) is 30.9 Å². The van der Waals surface area contributed by atoms with Crippen LogP contribution < -0.4 is 15.6 Å². The van der Waals surface area contributed by atoms with Crippen LogP contribution in [0.2, 0.25) is 0 Å². The maximum Gasteiger partial charge on any atom is 0.256 e. The molecule has 0 bridgehead atoms. The molecular formula is C18H26FN3O4S. The molecule has 1 aromatic rings. The van der Waals surface area contributed by atoms with Gasteiger partial charge in [-0.1, -0.05) is 45.2 Å². The van der Waals surface area contributed by atoms with Crippen molar-refractivity contribution in [3.05, 3.63) is 30.1 Å². The zero-order valence-electron chi connectivity index (χ0n) is 15.5. The minimum atomic E-state index is -4.24. The largest absolute Gasteiger partial charge is 0.273 e. The molecule has 1 aliphatic carbocycles. The first kappa shape index (κ1) is 21.3. The average molecular weight is 399 g/mol. The van der Waals surface area contributed by atoms with E-state index in [1.165, 1.54) is 12.1 Å². The van der Waals surface area contributed by atoms with Crippen LogP contribution in [0.25, 0.3) is 0 Å². The van der Waals surface area contributed by atoms with Gasteiger partial charge < -0.3 is 0 Å². The Labute approximate surface area is 159 Å².